The van der Waals surface area contributed by atoms with Crippen molar-refractivity contribution in [2.24, 2.45) is 0 Å². The largest absolute Gasteiger partial charge is 0.351 e. The lowest BCUT2D eigenvalue weighted by molar-refractivity contribution is -0.120. The highest BCUT2D eigenvalue weighted by atomic mass is 35.5. The van der Waals surface area contributed by atoms with Crippen molar-refractivity contribution < 1.29 is 4.79 Å². The van der Waals surface area contributed by atoms with Gasteiger partial charge in [-0.15, -0.1) is 0 Å². The smallest absolute Gasteiger partial charge is 0.271 e. The summed E-state index contributed by atoms with van der Waals surface area (Å²) in [5, 5.41) is 8.09. The molecule has 28 heavy (non-hydrogen) atoms. The van der Waals surface area contributed by atoms with Crippen LogP contribution in [0.1, 0.15) is 18.1 Å². The van der Waals surface area contributed by atoms with Crippen LogP contribution in [-0.2, 0) is 11.3 Å². The monoisotopic (exact) mass is 413 g/mol. The Morgan fingerprint density at radius 3 is 2.64 bits per heavy atom. The lowest BCUT2D eigenvalue weighted by atomic mass is 10.2. The first kappa shape index (κ1) is 20.2. The van der Waals surface area contributed by atoms with Gasteiger partial charge in [0.05, 0.1) is 10.9 Å². The molecule has 0 bridgehead atoms. The lowest BCUT2D eigenvalue weighted by Crippen LogP contribution is -2.30. The van der Waals surface area contributed by atoms with Gasteiger partial charge in [0.2, 0.25) is 5.91 Å². The van der Waals surface area contributed by atoms with Crippen molar-refractivity contribution in [3.63, 3.8) is 0 Å². The van der Waals surface area contributed by atoms with Crippen LogP contribution in [0.3, 0.4) is 0 Å². The number of carbonyl (C=O) groups excluding carboxylic acids is 1. The summed E-state index contributed by atoms with van der Waals surface area (Å²) in [6.07, 6.45) is 0. The topological polar surface area (TPSA) is 64.0 Å². The van der Waals surface area contributed by atoms with Crippen LogP contribution in [0.5, 0.6) is 0 Å². The number of hydrogen-bond donors (Lipinski definition) is 1. The Balaban J connectivity index is 1.70. The summed E-state index contributed by atoms with van der Waals surface area (Å²) in [6, 6.07) is 18.1. The zero-order valence-electron chi connectivity index (χ0n) is 15.6. The van der Waals surface area contributed by atoms with Gasteiger partial charge in [-0.2, -0.15) is 9.78 Å². The van der Waals surface area contributed by atoms with E-state index in [1.165, 1.54) is 22.5 Å². The van der Waals surface area contributed by atoms with Gasteiger partial charge in [0.15, 0.2) is 0 Å². The SMILES string of the molecule is Cc1ccc(-n2nc(S[C@@H](C)C(=O)NCc3ccccc3)ccc2=O)cc1Cl. The summed E-state index contributed by atoms with van der Waals surface area (Å²) in [5.74, 6) is -0.0909. The number of rotatable bonds is 6. The van der Waals surface area contributed by atoms with E-state index in [0.717, 1.165) is 11.1 Å². The van der Waals surface area contributed by atoms with E-state index in [0.29, 0.717) is 22.3 Å². The van der Waals surface area contributed by atoms with Gasteiger partial charge < -0.3 is 5.32 Å². The summed E-state index contributed by atoms with van der Waals surface area (Å²) in [5.41, 5.74) is 2.29. The number of hydrogen-bond acceptors (Lipinski definition) is 4. The Labute approximate surface area is 172 Å². The summed E-state index contributed by atoms with van der Waals surface area (Å²) >= 11 is 7.46. The molecule has 0 saturated carbocycles. The van der Waals surface area contributed by atoms with Gasteiger partial charge in [0.25, 0.3) is 5.56 Å². The quantitative estimate of drug-likeness (QED) is 0.620. The van der Waals surface area contributed by atoms with Crippen molar-refractivity contribution in [1.82, 2.24) is 15.1 Å². The minimum Gasteiger partial charge on any atom is -0.351 e. The van der Waals surface area contributed by atoms with Gasteiger partial charge in [-0.05, 0) is 43.2 Å². The first-order valence-corrected chi connectivity index (χ1v) is 10.0. The maximum absolute atomic E-state index is 12.4. The first-order chi connectivity index (χ1) is 13.4. The summed E-state index contributed by atoms with van der Waals surface area (Å²) in [7, 11) is 0. The molecular weight excluding hydrogens is 394 g/mol. The Hall–Kier alpha value is -2.57. The van der Waals surface area contributed by atoms with Gasteiger partial charge in [-0.1, -0.05) is 59.8 Å². The molecule has 1 aromatic heterocycles. The number of nitrogens with zero attached hydrogens (tertiary/aromatic N) is 2. The molecule has 0 radical (unpaired) electrons. The molecule has 0 saturated heterocycles. The molecule has 3 rings (SSSR count). The van der Waals surface area contributed by atoms with Crippen molar-refractivity contribution in [1.29, 1.82) is 0 Å². The summed E-state index contributed by atoms with van der Waals surface area (Å²) in [4.78, 5) is 24.6. The summed E-state index contributed by atoms with van der Waals surface area (Å²) < 4.78 is 1.29. The zero-order chi connectivity index (χ0) is 20.1. The average Bonchev–Trinajstić information content (AvgIpc) is 2.70. The van der Waals surface area contributed by atoms with Crippen LogP contribution in [-0.4, -0.2) is 20.9 Å². The van der Waals surface area contributed by atoms with Crippen LogP contribution in [0.15, 0.2) is 70.5 Å². The minimum atomic E-state index is -0.358. The van der Waals surface area contributed by atoms with E-state index in [9.17, 15) is 9.59 Å². The van der Waals surface area contributed by atoms with Crippen LogP contribution in [0.2, 0.25) is 5.02 Å². The van der Waals surface area contributed by atoms with E-state index in [1.807, 2.05) is 50.2 Å². The molecule has 1 N–H and O–H groups in total. The molecule has 5 nitrogen and oxygen atoms in total. The van der Waals surface area contributed by atoms with E-state index in [4.69, 9.17) is 11.6 Å². The molecule has 2 aromatic carbocycles. The Morgan fingerprint density at radius 1 is 1.18 bits per heavy atom. The number of nitrogens with one attached hydrogen (secondary N) is 1. The van der Waals surface area contributed by atoms with Crippen molar-refractivity contribution in [3.05, 3.63) is 87.2 Å². The van der Waals surface area contributed by atoms with E-state index in [-0.39, 0.29) is 16.7 Å². The zero-order valence-corrected chi connectivity index (χ0v) is 17.1. The fourth-order valence-electron chi connectivity index (χ4n) is 2.52. The predicted molar refractivity (Wildman–Crippen MR) is 113 cm³/mol. The van der Waals surface area contributed by atoms with E-state index in [2.05, 4.69) is 10.4 Å². The second-order valence-electron chi connectivity index (χ2n) is 6.32. The normalized spacial score (nSPS) is 11.8. The second kappa shape index (κ2) is 9.08. The van der Waals surface area contributed by atoms with Crippen molar-refractivity contribution in [2.45, 2.75) is 30.7 Å². The van der Waals surface area contributed by atoms with Crippen molar-refractivity contribution >= 4 is 29.3 Å². The van der Waals surface area contributed by atoms with Gasteiger partial charge in [-0.3, -0.25) is 9.59 Å². The second-order valence-corrected chi connectivity index (χ2v) is 8.09. The minimum absolute atomic E-state index is 0.0909. The first-order valence-electron chi connectivity index (χ1n) is 8.79. The maximum atomic E-state index is 12.4. The van der Waals surface area contributed by atoms with E-state index < -0.39 is 0 Å². The highest BCUT2D eigenvalue weighted by Gasteiger charge is 2.16. The molecular formula is C21H20ClN3O2S. The Kier molecular flexibility index (Phi) is 6.54. The number of halogens is 1. The van der Waals surface area contributed by atoms with E-state index >= 15 is 0 Å². The molecule has 1 atom stereocenters. The third-order valence-corrected chi connectivity index (χ3v) is 5.59. The standard InChI is InChI=1S/C21H20ClN3O2S/c1-14-8-9-17(12-18(14)22)25-20(26)11-10-19(24-25)28-15(2)21(27)23-13-16-6-4-3-5-7-16/h3-12,15H,13H2,1-2H3,(H,23,27)/t15-/m0/s1. The highest BCUT2D eigenvalue weighted by Crippen LogP contribution is 2.22. The number of carbonyl (C=O) groups is 1. The molecule has 0 aliphatic heterocycles. The molecule has 0 aliphatic carbocycles. The number of thioether (sulfide) groups is 1. The third-order valence-electron chi connectivity index (χ3n) is 4.15. The van der Waals surface area contributed by atoms with Gasteiger partial charge in [0.1, 0.15) is 5.03 Å². The van der Waals surface area contributed by atoms with Gasteiger partial charge in [0, 0.05) is 17.6 Å². The molecule has 0 fully saturated rings. The average molecular weight is 414 g/mol. The predicted octanol–water partition coefficient (Wildman–Crippen LogP) is 3.99. The van der Waals surface area contributed by atoms with E-state index in [1.54, 1.807) is 18.2 Å². The van der Waals surface area contributed by atoms with Gasteiger partial charge >= 0.3 is 0 Å². The molecule has 0 aliphatic rings. The van der Waals surface area contributed by atoms with Crippen LogP contribution in [0.4, 0.5) is 0 Å². The van der Waals surface area contributed by atoms with Crippen LogP contribution in [0.25, 0.3) is 5.69 Å². The number of benzene rings is 2. The molecule has 0 spiro atoms. The Bertz CT molecular complexity index is 1040. The molecule has 1 amide bonds. The molecule has 0 unspecified atom stereocenters. The van der Waals surface area contributed by atoms with Crippen molar-refractivity contribution in [2.75, 3.05) is 0 Å². The highest BCUT2D eigenvalue weighted by molar-refractivity contribution is 8.00. The maximum Gasteiger partial charge on any atom is 0.271 e. The molecule has 3 aromatic rings. The fourth-order valence-corrected chi connectivity index (χ4v) is 3.52. The number of aryl methyl sites for hydroxylation is 1. The molecule has 144 valence electrons. The number of amides is 1. The third kappa shape index (κ3) is 5.03. The molecule has 7 heteroatoms. The van der Waals surface area contributed by atoms with Crippen LogP contribution >= 0.6 is 23.4 Å². The molecule has 1 heterocycles. The fraction of sp³-hybridized carbons (Fsp3) is 0.190. The summed E-state index contributed by atoms with van der Waals surface area (Å²) in [6.45, 7) is 4.18. The van der Waals surface area contributed by atoms with Crippen LogP contribution in [0, 0.1) is 6.92 Å². The number of aromatic nitrogens is 2. The van der Waals surface area contributed by atoms with Crippen molar-refractivity contribution in [3.8, 4) is 5.69 Å². The van der Waals surface area contributed by atoms with Crippen LogP contribution < -0.4 is 10.9 Å². The Morgan fingerprint density at radius 2 is 1.93 bits per heavy atom. The lowest BCUT2D eigenvalue weighted by Gasteiger charge is -2.13. The van der Waals surface area contributed by atoms with Gasteiger partial charge in [-0.25, -0.2) is 0 Å².